The molecule has 13 nitrogen and oxygen atoms in total. The molecule has 0 aliphatic carbocycles. The second-order valence-corrected chi connectivity index (χ2v) is 19.8. The van der Waals surface area contributed by atoms with Crippen molar-refractivity contribution in [3.05, 3.63) is 71.5 Å². The number of benzene rings is 2. The van der Waals surface area contributed by atoms with E-state index in [1.807, 2.05) is 32.9 Å². The number of ketones is 1. The van der Waals surface area contributed by atoms with Crippen LogP contribution >= 0.6 is 0 Å². The Balaban J connectivity index is 1.22. The van der Waals surface area contributed by atoms with Gasteiger partial charge in [-0.3, -0.25) is 29.2 Å². The number of hydrogen-bond acceptors (Lipinski definition) is 10. The number of carbonyl (C=O) groups is 4. The third kappa shape index (κ3) is 8.70. The van der Waals surface area contributed by atoms with Crippen molar-refractivity contribution in [3.63, 3.8) is 0 Å². The number of aryl methyl sites for hydroxylation is 1. The molecule has 2 aromatic carbocycles. The molecule has 2 amide bonds. The summed E-state index contributed by atoms with van der Waals surface area (Å²) in [4.78, 5) is 63.8. The van der Waals surface area contributed by atoms with Crippen molar-refractivity contribution in [1.82, 2.24) is 24.9 Å². The van der Waals surface area contributed by atoms with E-state index in [1.54, 1.807) is 37.4 Å². The lowest BCUT2D eigenvalue weighted by Gasteiger charge is -2.37. The fourth-order valence-electron chi connectivity index (χ4n) is 10.9. The van der Waals surface area contributed by atoms with Gasteiger partial charge in [-0.05, 0) is 130 Å². The zero-order valence-electron chi connectivity index (χ0n) is 38.7. The molecule has 3 unspecified atom stereocenters. The average molecular weight is 876 g/mol. The Kier molecular flexibility index (Phi) is 12.8. The first-order chi connectivity index (χ1) is 30.5. The van der Waals surface area contributed by atoms with Gasteiger partial charge in [-0.1, -0.05) is 39.8 Å². The number of amides is 2. The lowest BCUT2D eigenvalue weighted by Crippen LogP contribution is -2.58. The van der Waals surface area contributed by atoms with E-state index in [0.29, 0.717) is 50.8 Å². The van der Waals surface area contributed by atoms with Crippen molar-refractivity contribution < 1.29 is 38.5 Å². The molecular weight excluding hydrogens is 811 g/mol. The van der Waals surface area contributed by atoms with E-state index in [4.69, 9.17) is 19.2 Å². The van der Waals surface area contributed by atoms with E-state index >= 15 is 0 Å². The smallest absolute Gasteiger partial charge is 0.324 e. The fraction of sp³-hybridized carbons (Fsp3) is 0.549. The minimum Gasteiger partial charge on any atom is -0.508 e. The van der Waals surface area contributed by atoms with Gasteiger partial charge in [0.05, 0.1) is 42.2 Å². The number of cyclic esters (lactones) is 1. The Hall–Kier alpha value is -5.11. The van der Waals surface area contributed by atoms with Gasteiger partial charge >= 0.3 is 5.97 Å². The molecule has 2 N–H and O–H groups in total. The number of phenols is 1. The van der Waals surface area contributed by atoms with Gasteiger partial charge in [-0.25, -0.2) is 5.43 Å². The summed E-state index contributed by atoms with van der Waals surface area (Å²) < 4.78 is 20.4. The van der Waals surface area contributed by atoms with Gasteiger partial charge in [0.1, 0.15) is 17.4 Å². The number of Topliss-reactive ketones (excluding diaryl/α,β-unsaturated/α-hetero) is 1. The minimum absolute atomic E-state index is 0.0382. The number of methoxy groups -OCH3 is 1. The van der Waals surface area contributed by atoms with Crippen molar-refractivity contribution in [2.24, 2.45) is 17.3 Å². The zero-order valence-corrected chi connectivity index (χ0v) is 38.7. The summed E-state index contributed by atoms with van der Waals surface area (Å²) in [6, 6.07) is 14.2. The molecule has 0 saturated carbocycles. The first kappa shape index (κ1) is 45.5. The number of pyridine rings is 1. The number of aromatic hydroxyl groups is 1. The van der Waals surface area contributed by atoms with Crippen LogP contribution in [0.4, 0.5) is 0 Å². The molecule has 0 radical (unpaired) electrons. The molecule has 4 aliphatic rings. The number of nitrogens with zero attached hydrogens (tertiary/aromatic N) is 4. The van der Waals surface area contributed by atoms with Gasteiger partial charge in [0.2, 0.25) is 5.91 Å². The van der Waals surface area contributed by atoms with E-state index in [2.05, 4.69) is 55.0 Å². The topological polar surface area (TPSA) is 153 Å². The molecule has 8 bridgehead atoms. The van der Waals surface area contributed by atoms with Crippen molar-refractivity contribution in [3.8, 4) is 28.1 Å². The third-order valence-electron chi connectivity index (χ3n) is 14.1. The SMILES string of the molecule is CCn1c(-c2cccnc2C(C)OC)c2c3cc(ccc31)-c1cc(O)cc(c1)CC(CC(=O)C(C(C)C)N(C)C(=O)C13CCC(CC1)O3)C(=O)N1CCC[C@H](N1)C(=O)OCC(C)(C)C2. The molecule has 6 heterocycles. The number of phenolic OH excluding ortho intramolecular Hbond substituents is 1. The molecule has 3 saturated heterocycles. The van der Waals surface area contributed by atoms with E-state index in [9.17, 15) is 24.3 Å². The van der Waals surface area contributed by atoms with Gasteiger partial charge in [0, 0.05) is 61.7 Å². The van der Waals surface area contributed by atoms with Crippen LogP contribution in [0, 0.1) is 17.3 Å². The molecule has 4 aliphatic heterocycles. The molecule has 342 valence electrons. The van der Waals surface area contributed by atoms with Gasteiger partial charge in [0.25, 0.3) is 5.91 Å². The van der Waals surface area contributed by atoms with Crippen LogP contribution in [0.15, 0.2) is 54.7 Å². The number of likely N-dealkylation sites (N-methyl/N-ethyl adjacent to an activating group) is 1. The van der Waals surface area contributed by atoms with Crippen molar-refractivity contribution >= 4 is 34.5 Å². The van der Waals surface area contributed by atoms with Gasteiger partial charge in [-0.2, -0.15) is 0 Å². The van der Waals surface area contributed by atoms with Crippen LogP contribution in [0.25, 0.3) is 33.3 Å². The highest BCUT2D eigenvalue weighted by Gasteiger charge is 2.54. The van der Waals surface area contributed by atoms with Gasteiger partial charge < -0.3 is 28.8 Å². The molecule has 0 spiro atoms. The highest BCUT2D eigenvalue weighted by atomic mass is 16.5. The van der Waals surface area contributed by atoms with E-state index in [0.717, 1.165) is 57.4 Å². The number of rotatable bonds is 10. The average Bonchev–Trinajstić information content (AvgIpc) is 3.99. The van der Waals surface area contributed by atoms with Crippen molar-refractivity contribution in [2.75, 3.05) is 27.3 Å². The maximum Gasteiger partial charge on any atom is 0.324 e. The maximum atomic E-state index is 14.8. The first-order valence-corrected chi connectivity index (χ1v) is 23.2. The number of nitrogens with one attached hydrogen (secondary N) is 1. The first-order valence-electron chi connectivity index (χ1n) is 23.2. The van der Waals surface area contributed by atoms with Crippen molar-refractivity contribution in [2.45, 2.75) is 136 Å². The zero-order chi connectivity index (χ0) is 45.7. The molecular formula is C51H65N5O8. The van der Waals surface area contributed by atoms with Crippen LogP contribution in [-0.2, 0) is 52.8 Å². The Morgan fingerprint density at radius 3 is 2.50 bits per heavy atom. The summed E-state index contributed by atoms with van der Waals surface area (Å²) in [6.45, 7) is 13.3. The standard InChI is InChI=1S/C51H65N5O8/c1-9-55-42-15-14-33-26-39(42)40(46(55)38-12-10-20-52-44(38)31(4)62-8)28-50(5,6)29-63-48(60)41-13-11-21-56(53-41)47(59)35(23-32-22-34(33)25-36(57)24-32)27-43(58)45(30(2)3)54(7)49(61)51-18-16-37(64-51)17-19-51/h10,12,14-15,20,22,24-26,30-31,35,37,41,45,53,57H,9,11,13,16-19,21,23,27-29H2,1-8H3/t31?,35?,37?,41-,45?,51?/m0/s1. The molecule has 3 fully saturated rings. The number of carbonyl (C=O) groups excluding carboxylic acids is 4. The molecule has 8 rings (SSSR count). The van der Waals surface area contributed by atoms with Crippen LogP contribution < -0.4 is 5.43 Å². The molecule has 2 aromatic heterocycles. The summed E-state index contributed by atoms with van der Waals surface area (Å²) in [7, 11) is 3.36. The summed E-state index contributed by atoms with van der Waals surface area (Å²) in [5.74, 6) is -2.24. The van der Waals surface area contributed by atoms with Crippen LogP contribution in [0.3, 0.4) is 0 Å². The molecule has 13 heteroatoms. The second kappa shape index (κ2) is 18.0. The normalized spacial score (nSPS) is 24.4. The van der Waals surface area contributed by atoms with Gasteiger partial charge in [-0.15, -0.1) is 0 Å². The predicted octanol–water partition coefficient (Wildman–Crippen LogP) is 7.74. The van der Waals surface area contributed by atoms with E-state index in [-0.39, 0.29) is 60.9 Å². The number of aromatic nitrogens is 2. The molecule has 64 heavy (non-hydrogen) atoms. The van der Waals surface area contributed by atoms with E-state index < -0.39 is 35.0 Å². The Bertz CT molecular complexity index is 2430. The highest BCUT2D eigenvalue weighted by molar-refractivity contribution is 5.96. The van der Waals surface area contributed by atoms with Crippen LogP contribution in [0.1, 0.15) is 109 Å². The minimum atomic E-state index is -0.897. The third-order valence-corrected chi connectivity index (χ3v) is 14.1. The lowest BCUT2D eigenvalue weighted by atomic mass is 9.83. The Morgan fingerprint density at radius 1 is 1.05 bits per heavy atom. The number of hydrazine groups is 1. The summed E-state index contributed by atoms with van der Waals surface area (Å²) >= 11 is 0. The Labute approximate surface area is 376 Å². The van der Waals surface area contributed by atoms with Gasteiger partial charge in [0.15, 0.2) is 5.78 Å². The largest absolute Gasteiger partial charge is 0.508 e. The fourth-order valence-corrected chi connectivity index (χ4v) is 10.9. The van der Waals surface area contributed by atoms with Crippen LogP contribution in [0.2, 0.25) is 0 Å². The highest BCUT2D eigenvalue weighted by Crippen LogP contribution is 2.46. The monoisotopic (exact) mass is 875 g/mol. The van der Waals surface area contributed by atoms with Crippen LogP contribution in [-0.4, -0.2) is 99.2 Å². The predicted molar refractivity (Wildman–Crippen MR) is 244 cm³/mol. The number of fused-ring (bicyclic) bond motifs is 8. The quantitative estimate of drug-likeness (QED) is 0.152. The number of esters is 1. The second-order valence-electron chi connectivity index (χ2n) is 19.8. The van der Waals surface area contributed by atoms with Crippen molar-refractivity contribution in [1.29, 1.82) is 0 Å². The molecule has 4 atom stereocenters. The summed E-state index contributed by atoms with van der Waals surface area (Å²) in [6.07, 6.45) is 6.13. The van der Waals surface area contributed by atoms with E-state index in [1.165, 1.54) is 5.01 Å². The lowest BCUT2D eigenvalue weighted by molar-refractivity contribution is -0.157. The van der Waals surface area contributed by atoms with Crippen LogP contribution in [0.5, 0.6) is 5.75 Å². The summed E-state index contributed by atoms with van der Waals surface area (Å²) in [5, 5.41) is 13.8. The number of ether oxygens (including phenoxy) is 3. The number of hydrogen-bond donors (Lipinski definition) is 2. The summed E-state index contributed by atoms with van der Waals surface area (Å²) in [5.41, 5.74) is 9.01. The Morgan fingerprint density at radius 2 is 1.81 bits per heavy atom. The molecule has 4 aromatic rings. The maximum absolute atomic E-state index is 14.8.